The van der Waals surface area contributed by atoms with Crippen LogP contribution in [0.3, 0.4) is 0 Å². The summed E-state index contributed by atoms with van der Waals surface area (Å²) < 4.78 is 6.11. The molecule has 2 saturated heterocycles. The standard InChI is InChI=1S/C19H19ClN2O/c20-12-5-8-17-19(9-12)23-18-4-2-1-3-16(18)22(17)15-10-13-6-7-14(11-15)21-13/h1-5,8-9,13-15,21H,6-7,10-11H2/t13-,14+,15?. The van der Waals surface area contributed by atoms with E-state index in [2.05, 4.69) is 28.4 Å². The van der Waals surface area contributed by atoms with E-state index < -0.39 is 0 Å². The van der Waals surface area contributed by atoms with Crippen molar-refractivity contribution < 1.29 is 4.74 Å². The summed E-state index contributed by atoms with van der Waals surface area (Å²) in [5.41, 5.74) is 2.31. The third-order valence-electron chi connectivity index (χ3n) is 5.34. The molecule has 0 spiro atoms. The van der Waals surface area contributed by atoms with Crippen molar-refractivity contribution in [3.8, 4) is 11.5 Å². The van der Waals surface area contributed by atoms with E-state index in [4.69, 9.17) is 16.3 Å². The molecule has 118 valence electrons. The summed E-state index contributed by atoms with van der Waals surface area (Å²) in [6.45, 7) is 0. The van der Waals surface area contributed by atoms with Crippen LogP contribution in [0.1, 0.15) is 25.7 Å². The second-order valence-corrected chi connectivity index (χ2v) is 7.25. The van der Waals surface area contributed by atoms with E-state index in [9.17, 15) is 0 Å². The molecule has 3 aliphatic rings. The Bertz CT molecular complexity index is 751. The van der Waals surface area contributed by atoms with Gasteiger partial charge in [0, 0.05) is 29.2 Å². The van der Waals surface area contributed by atoms with E-state index in [-0.39, 0.29) is 0 Å². The molecule has 0 radical (unpaired) electrons. The minimum absolute atomic E-state index is 0.513. The highest BCUT2D eigenvalue weighted by Gasteiger charge is 2.39. The molecule has 2 aromatic rings. The second-order valence-electron chi connectivity index (χ2n) is 6.81. The lowest BCUT2D eigenvalue weighted by atomic mass is 9.96. The van der Waals surface area contributed by atoms with Gasteiger partial charge in [0.15, 0.2) is 11.5 Å². The molecule has 2 fully saturated rings. The molecule has 0 aliphatic carbocycles. The number of anilines is 2. The fourth-order valence-corrected chi connectivity index (χ4v) is 4.55. The summed E-state index contributed by atoms with van der Waals surface area (Å²) in [5.74, 6) is 1.79. The zero-order chi connectivity index (χ0) is 15.4. The molecule has 3 nitrogen and oxygen atoms in total. The van der Waals surface area contributed by atoms with Gasteiger partial charge in [-0.15, -0.1) is 0 Å². The summed E-state index contributed by atoms with van der Waals surface area (Å²) >= 11 is 6.19. The molecule has 1 unspecified atom stereocenters. The number of nitrogens with zero attached hydrogens (tertiary/aromatic N) is 1. The van der Waals surface area contributed by atoms with E-state index in [1.807, 2.05) is 24.3 Å². The molecular weight excluding hydrogens is 308 g/mol. The number of piperidine rings is 1. The van der Waals surface area contributed by atoms with Crippen molar-refractivity contribution in [2.75, 3.05) is 4.90 Å². The molecule has 0 aromatic heterocycles. The van der Waals surface area contributed by atoms with Gasteiger partial charge < -0.3 is 15.0 Å². The van der Waals surface area contributed by atoms with E-state index in [1.54, 1.807) is 0 Å². The quantitative estimate of drug-likeness (QED) is 0.809. The van der Waals surface area contributed by atoms with E-state index in [0.29, 0.717) is 23.1 Å². The number of fused-ring (bicyclic) bond motifs is 4. The molecule has 5 rings (SSSR count). The lowest BCUT2D eigenvalue weighted by molar-refractivity contribution is 0.353. The van der Waals surface area contributed by atoms with Gasteiger partial charge in [-0.3, -0.25) is 0 Å². The van der Waals surface area contributed by atoms with Crippen molar-refractivity contribution in [3.63, 3.8) is 0 Å². The summed E-state index contributed by atoms with van der Waals surface area (Å²) in [6, 6.07) is 16.1. The number of nitrogens with one attached hydrogen (secondary N) is 1. The van der Waals surface area contributed by atoms with Crippen molar-refractivity contribution in [3.05, 3.63) is 47.5 Å². The number of para-hydroxylation sites is 2. The maximum absolute atomic E-state index is 6.19. The van der Waals surface area contributed by atoms with Crippen molar-refractivity contribution in [1.29, 1.82) is 0 Å². The van der Waals surface area contributed by atoms with Crippen molar-refractivity contribution in [2.45, 2.75) is 43.8 Å². The predicted octanol–water partition coefficient (Wildman–Crippen LogP) is 4.87. The molecule has 3 aliphatic heterocycles. The molecule has 0 saturated carbocycles. The molecule has 1 N–H and O–H groups in total. The monoisotopic (exact) mass is 326 g/mol. The number of rotatable bonds is 1. The Hall–Kier alpha value is -1.71. The molecule has 2 aromatic carbocycles. The predicted molar refractivity (Wildman–Crippen MR) is 93.1 cm³/mol. The first-order chi connectivity index (χ1) is 11.3. The minimum atomic E-state index is 0.513. The van der Waals surface area contributed by atoms with Gasteiger partial charge in [-0.05, 0) is 49.9 Å². The maximum atomic E-state index is 6.19. The Morgan fingerprint density at radius 1 is 0.957 bits per heavy atom. The van der Waals surface area contributed by atoms with Gasteiger partial charge in [0.05, 0.1) is 11.4 Å². The average Bonchev–Trinajstić information content (AvgIpc) is 2.90. The number of benzene rings is 2. The summed E-state index contributed by atoms with van der Waals surface area (Å²) in [4.78, 5) is 2.48. The third-order valence-corrected chi connectivity index (χ3v) is 5.57. The van der Waals surface area contributed by atoms with Crippen LogP contribution in [0.25, 0.3) is 0 Å². The Labute approximate surface area is 141 Å². The summed E-state index contributed by atoms with van der Waals surface area (Å²) in [7, 11) is 0. The molecule has 0 amide bonds. The van der Waals surface area contributed by atoms with Crippen molar-refractivity contribution in [2.24, 2.45) is 0 Å². The van der Waals surface area contributed by atoms with Gasteiger partial charge in [-0.25, -0.2) is 0 Å². The van der Waals surface area contributed by atoms with Crippen LogP contribution in [0.15, 0.2) is 42.5 Å². The molecule has 23 heavy (non-hydrogen) atoms. The Morgan fingerprint density at radius 2 is 1.70 bits per heavy atom. The zero-order valence-corrected chi connectivity index (χ0v) is 13.6. The Morgan fingerprint density at radius 3 is 2.52 bits per heavy atom. The SMILES string of the molecule is Clc1ccc2c(c1)Oc1ccccc1N2C1C[C@H]2CC[C@@H](C1)N2. The molecule has 2 bridgehead atoms. The van der Waals surface area contributed by atoms with Crippen LogP contribution < -0.4 is 15.0 Å². The van der Waals surface area contributed by atoms with Crippen molar-refractivity contribution >= 4 is 23.0 Å². The second kappa shape index (κ2) is 5.15. The fourth-order valence-electron chi connectivity index (χ4n) is 4.39. The van der Waals surface area contributed by atoms with Gasteiger partial charge in [0.1, 0.15) is 0 Å². The van der Waals surface area contributed by atoms with Crippen LogP contribution >= 0.6 is 11.6 Å². The van der Waals surface area contributed by atoms with Crippen LogP contribution in [0.2, 0.25) is 5.02 Å². The number of hydrogen-bond acceptors (Lipinski definition) is 3. The highest BCUT2D eigenvalue weighted by Crippen LogP contribution is 2.50. The van der Waals surface area contributed by atoms with Crippen LogP contribution in [0.4, 0.5) is 11.4 Å². The highest BCUT2D eigenvalue weighted by molar-refractivity contribution is 6.30. The van der Waals surface area contributed by atoms with Gasteiger partial charge in [0.25, 0.3) is 0 Å². The molecule has 3 heterocycles. The van der Waals surface area contributed by atoms with Gasteiger partial charge in [0.2, 0.25) is 0 Å². The first-order valence-corrected chi connectivity index (χ1v) is 8.77. The summed E-state index contributed by atoms with van der Waals surface area (Å²) in [6.07, 6.45) is 4.99. The normalized spacial score (nSPS) is 28.0. The van der Waals surface area contributed by atoms with Crippen molar-refractivity contribution in [1.82, 2.24) is 5.32 Å². The van der Waals surface area contributed by atoms with E-state index in [1.165, 1.54) is 31.4 Å². The first-order valence-electron chi connectivity index (χ1n) is 8.39. The fraction of sp³-hybridized carbons (Fsp3) is 0.368. The topological polar surface area (TPSA) is 24.5 Å². The van der Waals surface area contributed by atoms with Gasteiger partial charge >= 0.3 is 0 Å². The first kappa shape index (κ1) is 13.7. The average molecular weight is 327 g/mol. The van der Waals surface area contributed by atoms with Crippen LogP contribution in [-0.2, 0) is 0 Å². The lowest BCUT2D eigenvalue weighted by Gasteiger charge is -2.42. The minimum Gasteiger partial charge on any atom is -0.453 e. The molecule has 3 atom stereocenters. The Balaban J connectivity index is 1.62. The zero-order valence-electron chi connectivity index (χ0n) is 12.8. The van der Waals surface area contributed by atoms with Gasteiger partial charge in [-0.2, -0.15) is 0 Å². The Kier molecular flexibility index (Phi) is 3.07. The summed E-state index contributed by atoms with van der Waals surface area (Å²) in [5, 5.41) is 4.45. The maximum Gasteiger partial charge on any atom is 0.152 e. The van der Waals surface area contributed by atoms with Crippen LogP contribution in [0.5, 0.6) is 11.5 Å². The molecule has 4 heteroatoms. The van der Waals surface area contributed by atoms with Crippen LogP contribution in [-0.4, -0.2) is 18.1 Å². The van der Waals surface area contributed by atoms with E-state index >= 15 is 0 Å². The van der Waals surface area contributed by atoms with E-state index in [0.717, 1.165) is 17.2 Å². The lowest BCUT2D eigenvalue weighted by Crippen LogP contribution is -2.47. The van der Waals surface area contributed by atoms with Gasteiger partial charge in [-0.1, -0.05) is 23.7 Å². The largest absolute Gasteiger partial charge is 0.453 e. The number of hydrogen-bond donors (Lipinski definition) is 1. The number of ether oxygens (including phenoxy) is 1. The van der Waals surface area contributed by atoms with Crippen LogP contribution in [0, 0.1) is 0 Å². The smallest absolute Gasteiger partial charge is 0.152 e. The molecular formula is C19H19ClN2O. The third kappa shape index (κ3) is 2.22. The highest BCUT2D eigenvalue weighted by atomic mass is 35.5. The number of halogens is 1.